The van der Waals surface area contributed by atoms with Crippen LogP contribution >= 0.6 is 0 Å². The highest BCUT2D eigenvalue weighted by Crippen LogP contribution is 2.44. The molecule has 3 rings (SSSR count). The van der Waals surface area contributed by atoms with Gasteiger partial charge in [-0.3, -0.25) is 4.79 Å². The molecule has 4 heteroatoms. The highest BCUT2D eigenvalue weighted by Gasteiger charge is 2.47. The van der Waals surface area contributed by atoms with E-state index >= 15 is 0 Å². The van der Waals surface area contributed by atoms with E-state index in [1.54, 1.807) is 0 Å². The van der Waals surface area contributed by atoms with E-state index in [0.29, 0.717) is 17.9 Å². The van der Waals surface area contributed by atoms with Crippen LogP contribution in [0.15, 0.2) is 0 Å². The number of nitrogens with two attached hydrogens (primary N) is 1. The summed E-state index contributed by atoms with van der Waals surface area (Å²) in [6.07, 6.45) is 7.71. The van der Waals surface area contributed by atoms with E-state index in [4.69, 9.17) is 10.5 Å². The Balaban J connectivity index is 1.68. The Morgan fingerprint density at radius 1 is 1.11 bits per heavy atom. The maximum absolute atomic E-state index is 12.8. The van der Waals surface area contributed by atoms with Crippen LogP contribution in [0.4, 0.5) is 0 Å². The van der Waals surface area contributed by atoms with Crippen LogP contribution in [0.5, 0.6) is 0 Å². The number of likely N-dealkylation sites (tertiary alicyclic amines) is 1. The second kappa shape index (κ2) is 5.06. The first-order chi connectivity index (χ1) is 9.20. The third-order valence-electron chi connectivity index (χ3n) is 5.68. The number of nitrogens with zero attached hydrogens (tertiary/aromatic N) is 1. The number of hydrogen-bond acceptors (Lipinski definition) is 3. The van der Waals surface area contributed by atoms with Crippen molar-refractivity contribution in [3.63, 3.8) is 0 Å². The van der Waals surface area contributed by atoms with Gasteiger partial charge in [0.25, 0.3) is 0 Å². The second-order valence-electron chi connectivity index (χ2n) is 6.78. The van der Waals surface area contributed by atoms with Crippen molar-refractivity contribution in [1.29, 1.82) is 0 Å². The van der Waals surface area contributed by atoms with Crippen molar-refractivity contribution in [2.75, 3.05) is 32.8 Å². The Hall–Kier alpha value is -0.610. The van der Waals surface area contributed by atoms with Gasteiger partial charge < -0.3 is 15.4 Å². The zero-order valence-corrected chi connectivity index (χ0v) is 11.8. The Bertz CT molecular complexity index is 344. The van der Waals surface area contributed by atoms with Crippen LogP contribution in [0, 0.1) is 10.8 Å². The highest BCUT2D eigenvalue weighted by molar-refractivity contribution is 5.83. The van der Waals surface area contributed by atoms with Crippen molar-refractivity contribution >= 4 is 5.91 Å². The second-order valence-corrected chi connectivity index (χ2v) is 6.78. The van der Waals surface area contributed by atoms with Gasteiger partial charge in [0.1, 0.15) is 0 Å². The minimum atomic E-state index is -0.225. The van der Waals surface area contributed by atoms with Gasteiger partial charge in [0.2, 0.25) is 5.91 Å². The summed E-state index contributed by atoms with van der Waals surface area (Å²) in [5, 5.41) is 0. The predicted molar refractivity (Wildman–Crippen MR) is 73.6 cm³/mol. The number of rotatable bonds is 2. The first kappa shape index (κ1) is 13.4. The van der Waals surface area contributed by atoms with Gasteiger partial charge >= 0.3 is 0 Å². The number of carbonyl (C=O) groups is 1. The molecule has 0 atom stereocenters. The monoisotopic (exact) mass is 266 g/mol. The molecular weight excluding hydrogens is 240 g/mol. The molecule has 1 spiro atoms. The van der Waals surface area contributed by atoms with Crippen LogP contribution < -0.4 is 5.73 Å². The standard InChI is InChI=1S/C15H26N2O2/c16-11-15(3-1-2-4-15)13(18)17-8-5-14(12-17)6-9-19-10-7-14/h1-12,16H2. The summed E-state index contributed by atoms with van der Waals surface area (Å²) in [4.78, 5) is 15.0. The molecule has 0 bridgehead atoms. The van der Waals surface area contributed by atoms with Gasteiger partial charge in [0.15, 0.2) is 0 Å². The molecule has 2 saturated heterocycles. The molecule has 1 aliphatic carbocycles. The van der Waals surface area contributed by atoms with Gasteiger partial charge in [-0.2, -0.15) is 0 Å². The topological polar surface area (TPSA) is 55.6 Å². The van der Waals surface area contributed by atoms with E-state index in [2.05, 4.69) is 4.90 Å². The number of amides is 1. The average Bonchev–Trinajstić information content (AvgIpc) is 3.07. The molecule has 0 aromatic carbocycles. The van der Waals surface area contributed by atoms with Gasteiger partial charge in [-0.15, -0.1) is 0 Å². The fourth-order valence-corrected chi connectivity index (χ4v) is 4.21. The van der Waals surface area contributed by atoms with E-state index in [9.17, 15) is 4.79 Å². The molecule has 0 aromatic rings. The fraction of sp³-hybridized carbons (Fsp3) is 0.933. The third-order valence-corrected chi connectivity index (χ3v) is 5.68. The van der Waals surface area contributed by atoms with E-state index in [1.165, 1.54) is 0 Å². The lowest BCUT2D eigenvalue weighted by atomic mass is 9.79. The molecule has 0 unspecified atom stereocenters. The van der Waals surface area contributed by atoms with Crippen LogP contribution in [0.1, 0.15) is 44.9 Å². The minimum Gasteiger partial charge on any atom is -0.381 e. The molecule has 3 fully saturated rings. The summed E-state index contributed by atoms with van der Waals surface area (Å²) < 4.78 is 5.47. The Morgan fingerprint density at radius 3 is 2.42 bits per heavy atom. The van der Waals surface area contributed by atoms with Crippen LogP contribution in [0.25, 0.3) is 0 Å². The van der Waals surface area contributed by atoms with Crippen LogP contribution in [0.2, 0.25) is 0 Å². The Kier molecular flexibility index (Phi) is 3.56. The molecule has 19 heavy (non-hydrogen) atoms. The zero-order chi connectivity index (χ0) is 13.3. The molecule has 1 amide bonds. The van der Waals surface area contributed by atoms with Gasteiger partial charge in [0, 0.05) is 32.8 Å². The zero-order valence-electron chi connectivity index (χ0n) is 11.8. The van der Waals surface area contributed by atoms with Crippen LogP contribution in [0.3, 0.4) is 0 Å². The summed E-state index contributed by atoms with van der Waals surface area (Å²) in [6.45, 7) is 4.13. The molecule has 1 saturated carbocycles. The van der Waals surface area contributed by atoms with E-state index in [0.717, 1.165) is 71.2 Å². The first-order valence-electron chi connectivity index (χ1n) is 7.77. The fourth-order valence-electron chi connectivity index (χ4n) is 4.21. The molecular formula is C15H26N2O2. The van der Waals surface area contributed by atoms with Crippen molar-refractivity contribution in [1.82, 2.24) is 4.90 Å². The molecule has 2 aliphatic heterocycles. The maximum Gasteiger partial charge on any atom is 0.230 e. The first-order valence-corrected chi connectivity index (χ1v) is 7.77. The predicted octanol–water partition coefficient (Wildman–Crippen LogP) is 1.53. The summed E-state index contributed by atoms with van der Waals surface area (Å²) in [6, 6.07) is 0. The Morgan fingerprint density at radius 2 is 1.79 bits per heavy atom. The molecule has 108 valence electrons. The summed E-state index contributed by atoms with van der Waals surface area (Å²) in [5.41, 5.74) is 6.06. The quantitative estimate of drug-likeness (QED) is 0.824. The van der Waals surface area contributed by atoms with Gasteiger partial charge in [-0.05, 0) is 37.5 Å². The lowest BCUT2D eigenvalue weighted by Crippen LogP contribution is -2.46. The van der Waals surface area contributed by atoms with Crippen molar-refractivity contribution in [2.24, 2.45) is 16.6 Å². The lowest BCUT2D eigenvalue weighted by molar-refractivity contribution is -0.141. The molecule has 0 radical (unpaired) electrons. The van der Waals surface area contributed by atoms with E-state index in [-0.39, 0.29) is 5.41 Å². The number of ether oxygens (including phenoxy) is 1. The summed E-state index contributed by atoms with van der Waals surface area (Å²) in [5.74, 6) is 0.343. The van der Waals surface area contributed by atoms with Crippen molar-refractivity contribution in [3.8, 4) is 0 Å². The molecule has 0 aromatic heterocycles. The molecule has 2 N–H and O–H groups in total. The molecule has 4 nitrogen and oxygen atoms in total. The van der Waals surface area contributed by atoms with Crippen molar-refractivity contribution in [3.05, 3.63) is 0 Å². The maximum atomic E-state index is 12.8. The van der Waals surface area contributed by atoms with Crippen LogP contribution in [-0.4, -0.2) is 43.7 Å². The van der Waals surface area contributed by atoms with E-state index in [1.807, 2.05) is 0 Å². The summed E-state index contributed by atoms with van der Waals surface area (Å²) >= 11 is 0. The normalized spacial score (nSPS) is 29.0. The third kappa shape index (κ3) is 2.29. The SMILES string of the molecule is NCC1(C(=O)N2CCC3(CCOCC3)C2)CCCC1. The lowest BCUT2D eigenvalue weighted by Gasteiger charge is -2.35. The van der Waals surface area contributed by atoms with Crippen molar-refractivity contribution < 1.29 is 9.53 Å². The van der Waals surface area contributed by atoms with Crippen molar-refractivity contribution in [2.45, 2.75) is 44.9 Å². The van der Waals surface area contributed by atoms with Gasteiger partial charge in [0.05, 0.1) is 5.41 Å². The largest absolute Gasteiger partial charge is 0.381 e. The molecule has 3 aliphatic rings. The number of carbonyl (C=O) groups excluding carboxylic acids is 1. The minimum absolute atomic E-state index is 0.225. The smallest absolute Gasteiger partial charge is 0.230 e. The highest BCUT2D eigenvalue weighted by atomic mass is 16.5. The van der Waals surface area contributed by atoms with Gasteiger partial charge in [-0.1, -0.05) is 12.8 Å². The summed E-state index contributed by atoms with van der Waals surface area (Å²) in [7, 11) is 0. The van der Waals surface area contributed by atoms with Crippen LogP contribution in [-0.2, 0) is 9.53 Å². The molecule has 2 heterocycles. The number of hydrogen-bond donors (Lipinski definition) is 1. The van der Waals surface area contributed by atoms with E-state index < -0.39 is 0 Å². The average molecular weight is 266 g/mol. The Labute approximate surface area is 115 Å². The van der Waals surface area contributed by atoms with Gasteiger partial charge in [-0.25, -0.2) is 0 Å².